The lowest BCUT2D eigenvalue weighted by Gasteiger charge is -2.30. The first-order chi connectivity index (χ1) is 24.3. The van der Waals surface area contributed by atoms with Crippen LogP contribution in [0, 0.1) is 0 Å². The summed E-state index contributed by atoms with van der Waals surface area (Å²) in [5, 5.41) is 12.1. The van der Waals surface area contributed by atoms with Crippen molar-refractivity contribution in [1.82, 2.24) is 0 Å². The minimum atomic E-state index is -0.0603. The standard InChI is InChI=1S/C46H33Cl2NS/c1-46(2,3)33-20-23-39(36(26-33)34-21-17-31-16-15-29-11-7-12-30-18-22-35(34)44(31)43(29)30)49(40-14-8-13-38(47)45(40)48)41-27-50-42-24-19-32(25-37(41)42)28-9-5-4-6-10-28/h4-27H,1-3H3. The van der Waals surface area contributed by atoms with Gasteiger partial charge >= 0.3 is 0 Å². The zero-order valence-corrected chi connectivity index (χ0v) is 30.3. The molecule has 1 aromatic heterocycles. The zero-order valence-electron chi connectivity index (χ0n) is 28.0. The smallest absolute Gasteiger partial charge is 0.0832 e. The number of nitrogens with zero attached hydrogens (tertiary/aromatic N) is 1. The van der Waals surface area contributed by atoms with Crippen LogP contribution in [0.4, 0.5) is 17.1 Å². The van der Waals surface area contributed by atoms with E-state index in [-0.39, 0.29) is 5.41 Å². The van der Waals surface area contributed by atoms with Crippen molar-refractivity contribution in [1.29, 1.82) is 0 Å². The van der Waals surface area contributed by atoms with Crippen LogP contribution in [0.15, 0.2) is 145 Å². The number of anilines is 3. The normalized spacial score (nSPS) is 12.1. The van der Waals surface area contributed by atoms with E-state index in [1.807, 2.05) is 12.1 Å². The third-order valence-corrected chi connectivity index (χ3v) is 11.8. The predicted octanol–water partition coefficient (Wildman–Crippen LogP) is 15.2. The Balaban J connectivity index is 1.37. The van der Waals surface area contributed by atoms with Gasteiger partial charge in [0.1, 0.15) is 0 Å². The van der Waals surface area contributed by atoms with Crippen LogP contribution in [0.1, 0.15) is 26.3 Å². The number of hydrogen-bond donors (Lipinski definition) is 0. The first kappa shape index (κ1) is 31.1. The Labute approximate surface area is 306 Å². The molecule has 0 saturated carbocycles. The van der Waals surface area contributed by atoms with E-state index in [9.17, 15) is 0 Å². The van der Waals surface area contributed by atoms with E-state index < -0.39 is 0 Å². The van der Waals surface area contributed by atoms with Crippen LogP contribution >= 0.6 is 34.5 Å². The van der Waals surface area contributed by atoms with E-state index in [1.54, 1.807) is 11.3 Å². The lowest BCUT2D eigenvalue weighted by atomic mass is 9.83. The van der Waals surface area contributed by atoms with Gasteiger partial charge in [-0.3, -0.25) is 0 Å². The van der Waals surface area contributed by atoms with E-state index in [1.165, 1.54) is 59.3 Å². The van der Waals surface area contributed by atoms with Gasteiger partial charge in [0, 0.05) is 21.0 Å². The second kappa shape index (κ2) is 11.9. The Morgan fingerprint density at radius 2 is 1.24 bits per heavy atom. The summed E-state index contributed by atoms with van der Waals surface area (Å²) in [5.41, 5.74) is 8.83. The Morgan fingerprint density at radius 3 is 2.02 bits per heavy atom. The third-order valence-electron chi connectivity index (χ3n) is 10.00. The summed E-state index contributed by atoms with van der Waals surface area (Å²) in [6.45, 7) is 6.83. The maximum absolute atomic E-state index is 7.16. The molecule has 9 rings (SSSR count). The highest BCUT2D eigenvalue weighted by molar-refractivity contribution is 7.17. The highest BCUT2D eigenvalue weighted by Crippen LogP contribution is 2.51. The van der Waals surface area contributed by atoms with Gasteiger partial charge in [-0.1, -0.05) is 147 Å². The maximum atomic E-state index is 7.16. The van der Waals surface area contributed by atoms with Crippen molar-refractivity contribution >= 4 is 94.0 Å². The number of rotatable bonds is 5. The number of fused-ring (bicyclic) bond motifs is 1. The fourth-order valence-corrected chi connectivity index (χ4v) is 8.72. The predicted molar refractivity (Wildman–Crippen MR) is 220 cm³/mol. The van der Waals surface area contributed by atoms with Gasteiger partial charge in [0.05, 0.1) is 27.1 Å². The third kappa shape index (κ3) is 5.05. The van der Waals surface area contributed by atoms with Gasteiger partial charge in [0.25, 0.3) is 0 Å². The molecule has 0 aliphatic rings. The minimum absolute atomic E-state index is 0.0603. The van der Waals surface area contributed by atoms with Crippen molar-refractivity contribution in [2.24, 2.45) is 0 Å². The number of thiophene rings is 1. The van der Waals surface area contributed by atoms with E-state index >= 15 is 0 Å². The molecule has 0 radical (unpaired) electrons. The number of hydrogen-bond acceptors (Lipinski definition) is 2. The Morgan fingerprint density at radius 1 is 0.520 bits per heavy atom. The number of halogens is 2. The molecule has 0 amide bonds. The average Bonchev–Trinajstić information content (AvgIpc) is 3.55. The summed E-state index contributed by atoms with van der Waals surface area (Å²) in [7, 11) is 0. The van der Waals surface area contributed by atoms with Crippen LogP contribution in [-0.4, -0.2) is 0 Å². The van der Waals surface area contributed by atoms with Crippen LogP contribution in [0.3, 0.4) is 0 Å². The first-order valence-electron chi connectivity index (χ1n) is 16.9. The first-order valence-corrected chi connectivity index (χ1v) is 18.5. The van der Waals surface area contributed by atoms with Gasteiger partial charge in [-0.05, 0) is 96.4 Å². The maximum Gasteiger partial charge on any atom is 0.0832 e. The Hall–Kier alpha value is -4.86. The topological polar surface area (TPSA) is 3.24 Å². The van der Waals surface area contributed by atoms with E-state index in [0.29, 0.717) is 10.0 Å². The molecule has 1 heterocycles. The molecule has 4 heteroatoms. The highest BCUT2D eigenvalue weighted by atomic mass is 35.5. The van der Waals surface area contributed by atoms with E-state index in [0.717, 1.165) is 28.0 Å². The molecule has 242 valence electrons. The quantitative estimate of drug-likeness (QED) is 0.161. The van der Waals surface area contributed by atoms with Gasteiger partial charge in [0.2, 0.25) is 0 Å². The van der Waals surface area contributed by atoms with Gasteiger partial charge in [0.15, 0.2) is 0 Å². The van der Waals surface area contributed by atoms with Crippen molar-refractivity contribution in [3.63, 3.8) is 0 Å². The molecule has 0 N–H and O–H groups in total. The van der Waals surface area contributed by atoms with Gasteiger partial charge in [-0.15, -0.1) is 11.3 Å². The molecule has 9 aromatic rings. The summed E-state index contributed by atoms with van der Waals surface area (Å²) in [6, 6.07) is 50.4. The molecule has 0 unspecified atom stereocenters. The second-order valence-corrected chi connectivity index (χ2v) is 15.8. The summed E-state index contributed by atoms with van der Waals surface area (Å²) in [6.07, 6.45) is 0. The monoisotopic (exact) mass is 701 g/mol. The van der Waals surface area contributed by atoms with Crippen molar-refractivity contribution in [3.05, 3.63) is 161 Å². The molecular formula is C46H33Cl2NS. The van der Waals surface area contributed by atoms with Gasteiger partial charge < -0.3 is 4.90 Å². The van der Waals surface area contributed by atoms with Crippen molar-refractivity contribution in [2.45, 2.75) is 26.2 Å². The lowest BCUT2D eigenvalue weighted by Crippen LogP contribution is -2.15. The minimum Gasteiger partial charge on any atom is -0.307 e. The highest BCUT2D eigenvalue weighted by Gasteiger charge is 2.26. The van der Waals surface area contributed by atoms with Crippen LogP contribution in [0.5, 0.6) is 0 Å². The van der Waals surface area contributed by atoms with Crippen molar-refractivity contribution in [3.8, 4) is 22.3 Å². The molecule has 0 saturated heterocycles. The summed E-state index contributed by atoms with van der Waals surface area (Å²) >= 11 is 15.7. The Bertz CT molecular complexity index is 2700. The molecule has 50 heavy (non-hydrogen) atoms. The van der Waals surface area contributed by atoms with Gasteiger partial charge in [-0.2, -0.15) is 0 Å². The zero-order chi connectivity index (χ0) is 34.1. The fraction of sp³-hybridized carbons (Fsp3) is 0.0870. The number of benzene rings is 8. The molecule has 0 aliphatic carbocycles. The summed E-state index contributed by atoms with van der Waals surface area (Å²) < 4.78 is 1.21. The average molecular weight is 703 g/mol. The fourth-order valence-electron chi connectivity index (χ4n) is 7.44. The van der Waals surface area contributed by atoms with Crippen molar-refractivity contribution < 1.29 is 0 Å². The van der Waals surface area contributed by atoms with E-state index in [2.05, 4.69) is 158 Å². The second-order valence-electron chi connectivity index (χ2n) is 14.1. The molecule has 0 aliphatic heterocycles. The Kier molecular flexibility index (Phi) is 7.40. The lowest BCUT2D eigenvalue weighted by molar-refractivity contribution is 0.590. The molecule has 1 nitrogen and oxygen atoms in total. The molecule has 0 bridgehead atoms. The molecule has 8 aromatic carbocycles. The largest absolute Gasteiger partial charge is 0.307 e. The van der Waals surface area contributed by atoms with E-state index in [4.69, 9.17) is 23.2 Å². The van der Waals surface area contributed by atoms with Crippen molar-refractivity contribution in [2.75, 3.05) is 4.90 Å². The molecule has 0 spiro atoms. The van der Waals surface area contributed by atoms with Crippen LogP contribution in [0.25, 0.3) is 64.7 Å². The summed E-state index contributed by atoms with van der Waals surface area (Å²) in [5.74, 6) is 0. The van der Waals surface area contributed by atoms with Crippen LogP contribution < -0.4 is 4.90 Å². The summed E-state index contributed by atoms with van der Waals surface area (Å²) in [4.78, 5) is 2.32. The van der Waals surface area contributed by atoms with Gasteiger partial charge in [-0.25, -0.2) is 0 Å². The van der Waals surface area contributed by atoms with Crippen LogP contribution in [-0.2, 0) is 5.41 Å². The van der Waals surface area contributed by atoms with Crippen LogP contribution in [0.2, 0.25) is 10.0 Å². The molecule has 0 atom stereocenters. The molecule has 0 fully saturated rings. The SMILES string of the molecule is CC(C)(C)c1ccc(N(c2cccc(Cl)c2Cl)c2csc3ccc(-c4ccccc4)cc23)c(-c2ccc3ccc4cccc5ccc2c3c45)c1. The molecular weight excluding hydrogens is 669 g/mol.